The number of rotatable bonds is 5. The van der Waals surface area contributed by atoms with Crippen LogP contribution in [0.15, 0.2) is 65.6 Å². The van der Waals surface area contributed by atoms with Gasteiger partial charge in [-0.15, -0.1) is 0 Å². The highest BCUT2D eigenvalue weighted by Gasteiger charge is 2.20. The Kier molecular flexibility index (Phi) is 5.09. The second-order valence-electron chi connectivity index (χ2n) is 6.92. The van der Waals surface area contributed by atoms with E-state index in [-0.39, 0.29) is 22.9 Å². The smallest absolute Gasteiger partial charge is 0.261 e. The SMILES string of the molecule is Cc1ccc(S(=O)(=O)Nc2ccccc2C(=O)Nc2ccc3c(c2)OCO3)cc1C. The van der Waals surface area contributed by atoms with Gasteiger partial charge in [0.2, 0.25) is 6.79 Å². The zero-order valence-electron chi connectivity index (χ0n) is 16.4. The lowest BCUT2D eigenvalue weighted by Crippen LogP contribution is -2.18. The normalized spacial score (nSPS) is 12.5. The molecule has 30 heavy (non-hydrogen) atoms. The number of benzene rings is 3. The zero-order valence-corrected chi connectivity index (χ0v) is 17.2. The largest absolute Gasteiger partial charge is 0.454 e. The molecule has 3 aromatic rings. The molecule has 154 valence electrons. The molecule has 0 aromatic heterocycles. The molecule has 0 aliphatic carbocycles. The molecule has 0 fully saturated rings. The summed E-state index contributed by atoms with van der Waals surface area (Å²) in [6.45, 7) is 3.89. The molecule has 0 bridgehead atoms. The van der Waals surface area contributed by atoms with Crippen molar-refractivity contribution in [1.82, 2.24) is 0 Å². The van der Waals surface area contributed by atoms with Crippen LogP contribution >= 0.6 is 0 Å². The molecule has 1 heterocycles. The lowest BCUT2D eigenvalue weighted by Gasteiger charge is -2.14. The van der Waals surface area contributed by atoms with Crippen molar-refractivity contribution in [2.45, 2.75) is 18.7 Å². The lowest BCUT2D eigenvalue weighted by molar-refractivity contribution is 0.102. The number of hydrogen-bond acceptors (Lipinski definition) is 5. The molecule has 0 spiro atoms. The molecule has 0 saturated carbocycles. The van der Waals surface area contributed by atoms with Crippen molar-refractivity contribution in [1.29, 1.82) is 0 Å². The van der Waals surface area contributed by atoms with E-state index in [0.29, 0.717) is 17.2 Å². The average molecular weight is 424 g/mol. The fraction of sp³-hybridized carbons (Fsp3) is 0.136. The van der Waals surface area contributed by atoms with Crippen molar-refractivity contribution in [3.05, 3.63) is 77.4 Å². The minimum atomic E-state index is -3.86. The summed E-state index contributed by atoms with van der Waals surface area (Å²) in [4.78, 5) is 13.0. The molecule has 2 N–H and O–H groups in total. The first kappa shape index (κ1) is 19.8. The van der Waals surface area contributed by atoms with Crippen LogP contribution in [0.5, 0.6) is 11.5 Å². The Labute approximate surface area is 174 Å². The molecule has 8 heteroatoms. The third-order valence-electron chi connectivity index (χ3n) is 4.84. The molecule has 0 radical (unpaired) electrons. The van der Waals surface area contributed by atoms with Gasteiger partial charge >= 0.3 is 0 Å². The van der Waals surface area contributed by atoms with E-state index in [1.165, 1.54) is 0 Å². The molecule has 7 nitrogen and oxygen atoms in total. The van der Waals surface area contributed by atoms with Crippen LogP contribution in [0.4, 0.5) is 11.4 Å². The maximum absolute atomic E-state index is 12.9. The number of anilines is 2. The minimum Gasteiger partial charge on any atom is -0.454 e. The topological polar surface area (TPSA) is 93.7 Å². The fourth-order valence-electron chi connectivity index (χ4n) is 3.03. The van der Waals surface area contributed by atoms with Crippen molar-refractivity contribution in [3.8, 4) is 11.5 Å². The van der Waals surface area contributed by atoms with Crippen molar-refractivity contribution in [3.63, 3.8) is 0 Å². The first-order chi connectivity index (χ1) is 14.3. The van der Waals surface area contributed by atoms with Crippen molar-refractivity contribution < 1.29 is 22.7 Å². The van der Waals surface area contributed by atoms with Crippen LogP contribution in [0.1, 0.15) is 21.5 Å². The number of ether oxygens (including phenoxy) is 2. The van der Waals surface area contributed by atoms with E-state index in [0.717, 1.165) is 11.1 Å². The molecule has 0 atom stereocenters. The molecule has 1 aliphatic heterocycles. The highest BCUT2D eigenvalue weighted by Crippen LogP contribution is 2.34. The summed E-state index contributed by atoms with van der Waals surface area (Å²) in [5, 5.41) is 2.76. The third-order valence-corrected chi connectivity index (χ3v) is 6.20. The molecule has 4 rings (SSSR count). The Morgan fingerprint density at radius 1 is 0.900 bits per heavy atom. The molecule has 0 saturated heterocycles. The van der Waals surface area contributed by atoms with Gasteiger partial charge in [0.05, 0.1) is 16.1 Å². The maximum Gasteiger partial charge on any atom is 0.261 e. The van der Waals surface area contributed by atoms with Gasteiger partial charge in [0.15, 0.2) is 11.5 Å². The van der Waals surface area contributed by atoms with Gasteiger partial charge < -0.3 is 14.8 Å². The Hall–Kier alpha value is -3.52. The summed E-state index contributed by atoms with van der Waals surface area (Å²) in [5.74, 6) is 0.693. The summed E-state index contributed by atoms with van der Waals surface area (Å²) < 4.78 is 38.8. The van der Waals surface area contributed by atoms with Crippen molar-refractivity contribution in [2.75, 3.05) is 16.8 Å². The number of carbonyl (C=O) groups is 1. The summed E-state index contributed by atoms with van der Waals surface area (Å²) in [7, 11) is -3.86. The van der Waals surface area contributed by atoms with Gasteiger partial charge in [0, 0.05) is 11.8 Å². The van der Waals surface area contributed by atoms with E-state index in [2.05, 4.69) is 10.0 Å². The number of sulfonamides is 1. The number of para-hydroxylation sites is 1. The van der Waals surface area contributed by atoms with E-state index in [1.54, 1.807) is 60.7 Å². The summed E-state index contributed by atoms with van der Waals surface area (Å²) in [6, 6.07) is 16.4. The van der Waals surface area contributed by atoms with Gasteiger partial charge in [-0.3, -0.25) is 9.52 Å². The van der Waals surface area contributed by atoms with Crippen LogP contribution < -0.4 is 19.5 Å². The van der Waals surface area contributed by atoms with Gasteiger partial charge in [-0.2, -0.15) is 0 Å². The molecule has 1 amide bonds. The monoisotopic (exact) mass is 424 g/mol. The van der Waals surface area contributed by atoms with Gasteiger partial charge in [0.1, 0.15) is 0 Å². The predicted octanol–water partition coefficient (Wildman–Crippen LogP) is 4.09. The van der Waals surface area contributed by atoms with Crippen LogP contribution in [0.3, 0.4) is 0 Å². The van der Waals surface area contributed by atoms with Crippen LogP contribution in [-0.4, -0.2) is 21.1 Å². The van der Waals surface area contributed by atoms with Gasteiger partial charge in [-0.1, -0.05) is 18.2 Å². The number of aryl methyl sites for hydroxylation is 2. The van der Waals surface area contributed by atoms with E-state index in [4.69, 9.17) is 9.47 Å². The van der Waals surface area contributed by atoms with E-state index in [1.807, 2.05) is 13.8 Å². The molecule has 1 aliphatic rings. The van der Waals surface area contributed by atoms with Crippen molar-refractivity contribution in [2.24, 2.45) is 0 Å². The second kappa shape index (κ2) is 7.72. The first-order valence-corrected chi connectivity index (χ1v) is 10.7. The van der Waals surface area contributed by atoms with Crippen LogP contribution in [0, 0.1) is 13.8 Å². The molecule has 3 aromatic carbocycles. The van der Waals surface area contributed by atoms with Crippen molar-refractivity contribution >= 4 is 27.3 Å². The van der Waals surface area contributed by atoms with E-state index >= 15 is 0 Å². The number of amides is 1. The number of carbonyl (C=O) groups excluding carboxylic acids is 1. The summed E-state index contributed by atoms with van der Waals surface area (Å²) in [5.41, 5.74) is 2.76. The molecular weight excluding hydrogens is 404 g/mol. The lowest BCUT2D eigenvalue weighted by atomic mass is 10.1. The Morgan fingerprint density at radius 2 is 1.67 bits per heavy atom. The average Bonchev–Trinajstić information content (AvgIpc) is 3.18. The standard InChI is InChI=1S/C22H20N2O5S/c1-14-7-9-17(11-15(14)2)30(26,27)24-19-6-4-3-5-18(19)22(25)23-16-8-10-20-21(12-16)29-13-28-20/h3-12,24H,13H2,1-2H3,(H,23,25). The maximum atomic E-state index is 12.9. The highest BCUT2D eigenvalue weighted by atomic mass is 32.2. The van der Waals surface area contributed by atoms with E-state index < -0.39 is 15.9 Å². The molecular formula is C22H20N2O5S. The quantitative estimate of drug-likeness (QED) is 0.644. The highest BCUT2D eigenvalue weighted by molar-refractivity contribution is 7.92. The van der Waals surface area contributed by atoms with Crippen LogP contribution in [0.25, 0.3) is 0 Å². The van der Waals surface area contributed by atoms with Gasteiger partial charge in [-0.25, -0.2) is 8.42 Å². The predicted molar refractivity (Wildman–Crippen MR) is 114 cm³/mol. The zero-order chi connectivity index (χ0) is 21.3. The fourth-order valence-corrected chi connectivity index (χ4v) is 4.19. The Bertz CT molecular complexity index is 1240. The Balaban J connectivity index is 1.59. The van der Waals surface area contributed by atoms with Crippen LogP contribution in [-0.2, 0) is 10.0 Å². The number of hydrogen-bond donors (Lipinski definition) is 2. The summed E-state index contributed by atoms with van der Waals surface area (Å²) >= 11 is 0. The van der Waals surface area contributed by atoms with Crippen LogP contribution in [0.2, 0.25) is 0 Å². The minimum absolute atomic E-state index is 0.135. The van der Waals surface area contributed by atoms with E-state index in [9.17, 15) is 13.2 Å². The molecule has 0 unspecified atom stereocenters. The number of nitrogens with one attached hydrogen (secondary N) is 2. The first-order valence-electron chi connectivity index (χ1n) is 9.23. The summed E-state index contributed by atoms with van der Waals surface area (Å²) in [6.07, 6.45) is 0. The third kappa shape index (κ3) is 3.95. The van der Waals surface area contributed by atoms with Gasteiger partial charge in [-0.05, 0) is 61.4 Å². The number of fused-ring (bicyclic) bond motifs is 1. The Morgan fingerprint density at radius 3 is 2.47 bits per heavy atom. The second-order valence-corrected chi connectivity index (χ2v) is 8.60. The van der Waals surface area contributed by atoms with Gasteiger partial charge in [0.25, 0.3) is 15.9 Å².